The van der Waals surface area contributed by atoms with Crippen molar-refractivity contribution in [3.8, 4) is 22.6 Å². The fraction of sp³-hybridized carbons (Fsp3) is 0.355. The van der Waals surface area contributed by atoms with Crippen molar-refractivity contribution in [3.63, 3.8) is 0 Å². The summed E-state index contributed by atoms with van der Waals surface area (Å²) in [6.45, 7) is 6.18. The van der Waals surface area contributed by atoms with E-state index in [1.807, 2.05) is 30.3 Å². The van der Waals surface area contributed by atoms with E-state index < -0.39 is 24.3 Å². The lowest BCUT2D eigenvalue weighted by Crippen LogP contribution is -2.36. The Labute approximate surface area is 237 Å². The van der Waals surface area contributed by atoms with Crippen molar-refractivity contribution in [3.05, 3.63) is 76.5 Å². The summed E-state index contributed by atoms with van der Waals surface area (Å²) in [5.74, 6) is -1.73. The summed E-state index contributed by atoms with van der Waals surface area (Å²) in [6.07, 6.45) is -6.35. The molecule has 0 aliphatic heterocycles. The minimum absolute atomic E-state index is 0.0718. The van der Waals surface area contributed by atoms with Gasteiger partial charge in [-0.15, -0.1) is 0 Å². The number of halogens is 3. The Bertz CT molecular complexity index is 1560. The Morgan fingerprint density at radius 3 is 2.27 bits per heavy atom. The Kier molecular flexibility index (Phi) is 8.63. The molecular formula is C31H34F3N3O4. The highest BCUT2D eigenvalue weighted by molar-refractivity contribution is 5.97. The molecule has 0 fully saturated rings. The molecule has 218 valence electrons. The Morgan fingerprint density at radius 2 is 1.66 bits per heavy atom. The quantitative estimate of drug-likeness (QED) is 0.188. The zero-order chi connectivity index (χ0) is 30.1. The molecule has 3 aromatic carbocycles. The molecular weight excluding hydrogens is 535 g/mol. The number of carbonyl (C=O) groups is 1. The molecule has 4 rings (SSSR count). The fourth-order valence-electron chi connectivity index (χ4n) is 5.64. The Balaban J connectivity index is 1.82. The smallest absolute Gasteiger partial charge is 0.490 e. The number of hydrogen-bond donors (Lipinski definition) is 1. The molecule has 0 radical (unpaired) electrons. The highest BCUT2D eigenvalue weighted by Gasteiger charge is 2.42. The molecule has 1 aromatic heterocycles. The molecule has 0 spiro atoms. The third-order valence-corrected chi connectivity index (χ3v) is 7.18. The number of carbonyl (C=O) groups excluding carboxylic acids is 1. The van der Waals surface area contributed by atoms with Gasteiger partial charge in [0.2, 0.25) is 0 Å². The summed E-state index contributed by atoms with van der Waals surface area (Å²) in [5.41, 5.74) is 13.8. The maximum Gasteiger partial charge on any atom is 0.490 e. The van der Waals surface area contributed by atoms with Crippen LogP contribution in [0.15, 0.2) is 48.5 Å². The monoisotopic (exact) mass is 569 g/mol. The molecule has 0 amide bonds. The molecule has 0 bridgehead atoms. The first-order valence-corrected chi connectivity index (χ1v) is 13.1. The second-order valence-corrected chi connectivity index (χ2v) is 10.3. The number of nitrogens with zero attached hydrogens (tertiary/aromatic N) is 2. The van der Waals surface area contributed by atoms with Crippen molar-refractivity contribution >= 4 is 16.9 Å². The second kappa shape index (κ2) is 11.8. The number of aromatic nitrogens is 2. The summed E-state index contributed by atoms with van der Waals surface area (Å²) in [6, 6.07) is 15.6. The molecule has 2 atom stereocenters. The van der Waals surface area contributed by atoms with Crippen LogP contribution in [0.25, 0.3) is 22.0 Å². The minimum Gasteiger partial charge on any atom is -0.493 e. The van der Waals surface area contributed by atoms with Crippen LogP contribution < -0.4 is 15.2 Å². The topological polar surface area (TPSA) is 88.6 Å². The highest BCUT2D eigenvalue weighted by atomic mass is 19.4. The maximum atomic E-state index is 12.9. The van der Waals surface area contributed by atoms with Crippen molar-refractivity contribution in [2.24, 2.45) is 12.8 Å². The number of fused-ring (bicyclic) bond motifs is 1. The summed E-state index contributed by atoms with van der Waals surface area (Å²) in [4.78, 5) is 11.5. The summed E-state index contributed by atoms with van der Waals surface area (Å²) in [5, 5.41) is 5.71. The van der Waals surface area contributed by atoms with E-state index in [0.717, 1.165) is 50.0 Å². The van der Waals surface area contributed by atoms with Crippen molar-refractivity contribution in [1.82, 2.24) is 9.78 Å². The van der Waals surface area contributed by atoms with Gasteiger partial charge in [0.05, 0.1) is 14.2 Å². The number of esters is 1. The average molecular weight is 570 g/mol. The number of ether oxygens (including phenoxy) is 3. The predicted molar refractivity (Wildman–Crippen MR) is 151 cm³/mol. The third kappa shape index (κ3) is 6.32. The SMILES string of the molecule is COc1ccc(CC(CC(N)OC(=O)C(F)(F)F)c2c3cccc(-c4c(C)cc(C)cc4C)c3nn2C)cc1OC. The van der Waals surface area contributed by atoms with E-state index in [1.54, 1.807) is 17.8 Å². The van der Waals surface area contributed by atoms with Gasteiger partial charge in [0.1, 0.15) is 5.52 Å². The molecule has 2 unspecified atom stereocenters. The Morgan fingerprint density at radius 1 is 1.00 bits per heavy atom. The molecule has 0 saturated carbocycles. The summed E-state index contributed by atoms with van der Waals surface area (Å²) < 4.78 is 55.9. The van der Waals surface area contributed by atoms with Gasteiger partial charge in [0.15, 0.2) is 17.7 Å². The van der Waals surface area contributed by atoms with Crippen molar-refractivity contribution in [2.45, 2.75) is 51.9 Å². The van der Waals surface area contributed by atoms with Gasteiger partial charge in [-0.3, -0.25) is 10.4 Å². The van der Waals surface area contributed by atoms with Crippen molar-refractivity contribution in [2.75, 3.05) is 14.2 Å². The molecule has 1 heterocycles. The normalized spacial score (nSPS) is 13.2. The summed E-state index contributed by atoms with van der Waals surface area (Å²) in [7, 11) is 4.85. The predicted octanol–water partition coefficient (Wildman–Crippen LogP) is 6.29. The van der Waals surface area contributed by atoms with Crippen LogP contribution in [-0.4, -0.2) is 42.4 Å². The van der Waals surface area contributed by atoms with Gasteiger partial charge in [-0.1, -0.05) is 42.0 Å². The zero-order valence-corrected chi connectivity index (χ0v) is 23.9. The number of rotatable bonds is 9. The van der Waals surface area contributed by atoms with E-state index in [-0.39, 0.29) is 6.42 Å². The van der Waals surface area contributed by atoms with Gasteiger partial charge in [-0.2, -0.15) is 18.3 Å². The molecule has 41 heavy (non-hydrogen) atoms. The summed E-state index contributed by atoms with van der Waals surface area (Å²) >= 11 is 0. The largest absolute Gasteiger partial charge is 0.493 e. The van der Waals surface area contributed by atoms with E-state index in [0.29, 0.717) is 17.9 Å². The van der Waals surface area contributed by atoms with E-state index >= 15 is 0 Å². The number of methoxy groups -OCH3 is 2. The molecule has 0 saturated heterocycles. The molecule has 4 aromatic rings. The van der Waals surface area contributed by atoms with E-state index in [9.17, 15) is 18.0 Å². The number of nitrogens with two attached hydrogens (primary N) is 1. The molecule has 0 aliphatic rings. The lowest BCUT2D eigenvalue weighted by molar-refractivity contribution is -0.205. The lowest BCUT2D eigenvalue weighted by atomic mass is 9.88. The van der Waals surface area contributed by atoms with Crippen LogP contribution in [0.4, 0.5) is 13.2 Å². The van der Waals surface area contributed by atoms with Gasteiger partial charge in [-0.25, -0.2) is 4.79 Å². The molecule has 10 heteroatoms. The van der Waals surface area contributed by atoms with Crippen LogP contribution in [-0.2, 0) is 23.0 Å². The first-order valence-electron chi connectivity index (χ1n) is 13.1. The van der Waals surface area contributed by atoms with Gasteiger partial charge < -0.3 is 14.2 Å². The lowest BCUT2D eigenvalue weighted by Gasteiger charge is -2.23. The van der Waals surface area contributed by atoms with Gasteiger partial charge in [0.25, 0.3) is 0 Å². The average Bonchev–Trinajstić information content (AvgIpc) is 3.23. The van der Waals surface area contributed by atoms with Gasteiger partial charge in [0, 0.05) is 36.0 Å². The maximum absolute atomic E-state index is 12.9. The Hall–Kier alpha value is -4.05. The van der Waals surface area contributed by atoms with Crippen LogP contribution in [0, 0.1) is 20.8 Å². The number of aryl methyl sites for hydroxylation is 4. The molecule has 2 N–H and O–H groups in total. The van der Waals surface area contributed by atoms with E-state index in [1.165, 1.54) is 14.2 Å². The van der Waals surface area contributed by atoms with Crippen LogP contribution in [0.3, 0.4) is 0 Å². The van der Waals surface area contributed by atoms with Gasteiger partial charge in [-0.05, 0) is 61.6 Å². The van der Waals surface area contributed by atoms with Crippen LogP contribution in [0.2, 0.25) is 0 Å². The zero-order valence-electron chi connectivity index (χ0n) is 23.9. The van der Waals surface area contributed by atoms with Crippen LogP contribution in [0.1, 0.15) is 40.3 Å². The first-order chi connectivity index (χ1) is 19.3. The molecule has 7 nitrogen and oxygen atoms in total. The van der Waals surface area contributed by atoms with E-state index in [4.69, 9.17) is 20.3 Å². The highest BCUT2D eigenvalue weighted by Crippen LogP contribution is 2.39. The van der Waals surface area contributed by atoms with Crippen molar-refractivity contribution in [1.29, 1.82) is 0 Å². The fourth-order valence-corrected chi connectivity index (χ4v) is 5.64. The first kappa shape index (κ1) is 29.9. The van der Waals surface area contributed by atoms with Gasteiger partial charge >= 0.3 is 12.1 Å². The standard InChI is InChI=1S/C31H34F3N3O4/c1-17-12-18(2)27(19(3)13-17)22-8-7-9-23-28(22)36-37(4)29(23)21(16-26(35)41-30(38)31(32,33)34)14-20-10-11-24(39-5)25(15-20)40-6/h7-13,15,21,26H,14,16,35H2,1-6H3. The van der Waals surface area contributed by atoms with Crippen LogP contribution >= 0.6 is 0 Å². The third-order valence-electron chi connectivity index (χ3n) is 7.18. The number of hydrogen-bond acceptors (Lipinski definition) is 6. The number of alkyl halides is 3. The number of benzene rings is 3. The van der Waals surface area contributed by atoms with Crippen molar-refractivity contribution < 1.29 is 32.2 Å². The van der Waals surface area contributed by atoms with E-state index in [2.05, 4.69) is 37.6 Å². The molecule has 0 aliphatic carbocycles. The minimum atomic E-state index is -5.14. The second-order valence-electron chi connectivity index (χ2n) is 10.3. The van der Waals surface area contributed by atoms with Crippen LogP contribution in [0.5, 0.6) is 11.5 Å².